The molecule has 4 aliphatic carbocycles. The lowest BCUT2D eigenvalue weighted by Crippen LogP contribution is -2.26. The number of hydrogen-bond acceptors (Lipinski definition) is 0. The van der Waals surface area contributed by atoms with Gasteiger partial charge in [0.1, 0.15) is 0 Å². The predicted octanol–water partition coefficient (Wildman–Crippen LogP) is 7.37. The van der Waals surface area contributed by atoms with Crippen molar-refractivity contribution < 1.29 is 0 Å². The van der Waals surface area contributed by atoms with E-state index < -0.39 is 0 Å². The Labute approximate surface area is 145 Å². The van der Waals surface area contributed by atoms with Crippen molar-refractivity contribution in [1.82, 2.24) is 0 Å². The second kappa shape index (κ2) is 7.92. The summed E-state index contributed by atoms with van der Waals surface area (Å²) in [5.41, 5.74) is 0. The summed E-state index contributed by atoms with van der Waals surface area (Å²) >= 11 is 0. The zero-order valence-corrected chi connectivity index (χ0v) is 15.5. The van der Waals surface area contributed by atoms with Crippen molar-refractivity contribution in [3.8, 4) is 0 Å². The molecule has 0 heterocycles. The molecule has 6 atom stereocenters. The van der Waals surface area contributed by atoms with Gasteiger partial charge in [-0.05, 0) is 67.6 Å². The average molecular weight is 317 g/mol. The lowest BCUT2D eigenvalue weighted by Gasteiger charge is -2.37. The predicted molar refractivity (Wildman–Crippen MR) is 99.4 cm³/mol. The fourth-order valence-corrected chi connectivity index (χ4v) is 7.18. The fraction of sp³-hybridized carbons (Fsp3) is 1.00. The summed E-state index contributed by atoms with van der Waals surface area (Å²) < 4.78 is 0. The van der Waals surface area contributed by atoms with Crippen LogP contribution in [0.15, 0.2) is 0 Å². The highest BCUT2D eigenvalue weighted by Crippen LogP contribution is 2.48. The van der Waals surface area contributed by atoms with Gasteiger partial charge < -0.3 is 0 Å². The largest absolute Gasteiger partial charge is 0.0533 e. The summed E-state index contributed by atoms with van der Waals surface area (Å²) in [5, 5.41) is 0. The molecule has 4 rings (SSSR count). The molecule has 0 amide bonds. The summed E-state index contributed by atoms with van der Waals surface area (Å²) in [7, 11) is 0. The molecule has 0 aromatic heterocycles. The normalized spacial score (nSPS) is 45.9. The van der Waals surface area contributed by atoms with Gasteiger partial charge in [0.2, 0.25) is 0 Å². The van der Waals surface area contributed by atoms with Crippen LogP contribution in [-0.2, 0) is 0 Å². The summed E-state index contributed by atoms with van der Waals surface area (Å²) in [6, 6.07) is 0. The van der Waals surface area contributed by atoms with Crippen LogP contribution in [-0.4, -0.2) is 0 Å². The maximum atomic E-state index is 1.62. The summed E-state index contributed by atoms with van der Waals surface area (Å²) in [6.45, 7) is 0. The Morgan fingerprint density at radius 3 is 1.78 bits per heavy atom. The molecule has 132 valence electrons. The van der Waals surface area contributed by atoms with Gasteiger partial charge in [-0.15, -0.1) is 0 Å². The molecule has 4 aliphatic rings. The molecular weight excluding hydrogens is 276 g/mol. The molecule has 0 radical (unpaired) electrons. The third kappa shape index (κ3) is 4.16. The van der Waals surface area contributed by atoms with E-state index in [0.29, 0.717) is 0 Å². The van der Waals surface area contributed by atoms with Gasteiger partial charge >= 0.3 is 0 Å². The Bertz CT molecular complexity index is 359. The van der Waals surface area contributed by atoms with Gasteiger partial charge in [0.25, 0.3) is 0 Å². The molecule has 23 heavy (non-hydrogen) atoms. The monoisotopic (exact) mass is 316 g/mol. The SMILES string of the molecule is C1CCCC2CCC(CC1)CC1CCCC2C2CCC(CC1)C2. The maximum absolute atomic E-state index is 1.62. The van der Waals surface area contributed by atoms with E-state index in [-0.39, 0.29) is 0 Å². The Balaban J connectivity index is 1.58. The van der Waals surface area contributed by atoms with Gasteiger partial charge in [0.15, 0.2) is 0 Å². The van der Waals surface area contributed by atoms with Crippen LogP contribution in [0.1, 0.15) is 109 Å². The molecule has 0 saturated heterocycles. The first-order chi connectivity index (χ1) is 11.4. The van der Waals surface area contributed by atoms with Crippen molar-refractivity contribution in [2.24, 2.45) is 35.5 Å². The van der Waals surface area contributed by atoms with Gasteiger partial charge in [-0.1, -0.05) is 77.0 Å². The molecular formula is C23H40. The zero-order valence-electron chi connectivity index (χ0n) is 15.5. The van der Waals surface area contributed by atoms with E-state index in [0.717, 1.165) is 35.5 Å². The third-order valence-electron chi connectivity index (χ3n) is 8.48. The summed E-state index contributed by atoms with van der Waals surface area (Å²) in [6.07, 6.45) is 26.8. The quantitative estimate of drug-likeness (QED) is 0.437. The van der Waals surface area contributed by atoms with Crippen LogP contribution >= 0.6 is 0 Å². The highest BCUT2D eigenvalue weighted by Gasteiger charge is 2.37. The average Bonchev–Trinajstić information content (AvgIpc) is 3.03. The molecule has 0 aromatic carbocycles. The van der Waals surface area contributed by atoms with Gasteiger partial charge in [0.05, 0.1) is 0 Å². The second-order valence-electron chi connectivity index (χ2n) is 9.91. The molecule has 0 N–H and O–H groups in total. The van der Waals surface area contributed by atoms with E-state index in [1.54, 1.807) is 89.9 Å². The van der Waals surface area contributed by atoms with Crippen molar-refractivity contribution in [3.63, 3.8) is 0 Å². The van der Waals surface area contributed by atoms with E-state index in [9.17, 15) is 0 Å². The minimum Gasteiger partial charge on any atom is -0.0533 e. The first kappa shape index (κ1) is 16.5. The lowest BCUT2D eigenvalue weighted by atomic mass is 9.68. The zero-order chi connectivity index (χ0) is 15.5. The van der Waals surface area contributed by atoms with Crippen LogP contribution < -0.4 is 0 Å². The molecule has 0 nitrogen and oxygen atoms in total. The summed E-state index contributed by atoms with van der Waals surface area (Å²) in [4.78, 5) is 0. The minimum atomic E-state index is 1.09. The number of hydrogen-bond donors (Lipinski definition) is 0. The highest BCUT2D eigenvalue weighted by molar-refractivity contribution is 4.88. The van der Waals surface area contributed by atoms with Gasteiger partial charge in [-0.25, -0.2) is 0 Å². The van der Waals surface area contributed by atoms with Crippen molar-refractivity contribution in [2.45, 2.75) is 109 Å². The van der Waals surface area contributed by atoms with Crippen LogP contribution in [0.4, 0.5) is 0 Å². The van der Waals surface area contributed by atoms with E-state index in [4.69, 9.17) is 0 Å². The molecule has 0 spiro atoms. The smallest absolute Gasteiger partial charge is 0.0357 e. The molecule has 0 heteroatoms. The van der Waals surface area contributed by atoms with Crippen LogP contribution in [0.2, 0.25) is 0 Å². The molecule has 6 bridgehead atoms. The fourth-order valence-electron chi connectivity index (χ4n) is 7.18. The van der Waals surface area contributed by atoms with Gasteiger partial charge in [0, 0.05) is 0 Å². The maximum Gasteiger partial charge on any atom is -0.0357 e. The minimum absolute atomic E-state index is 1.09. The van der Waals surface area contributed by atoms with Crippen LogP contribution in [0.25, 0.3) is 0 Å². The highest BCUT2D eigenvalue weighted by atomic mass is 14.4. The van der Waals surface area contributed by atoms with Crippen molar-refractivity contribution in [3.05, 3.63) is 0 Å². The Kier molecular flexibility index (Phi) is 5.67. The van der Waals surface area contributed by atoms with Gasteiger partial charge in [-0.2, -0.15) is 0 Å². The third-order valence-corrected chi connectivity index (χ3v) is 8.48. The van der Waals surface area contributed by atoms with Crippen LogP contribution in [0.3, 0.4) is 0 Å². The first-order valence-electron chi connectivity index (χ1n) is 11.4. The molecule has 0 aliphatic heterocycles. The molecule has 4 saturated carbocycles. The Hall–Kier alpha value is 0. The Morgan fingerprint density at radius 1 is 0.348 bits per heavy atom. The topological polar surface area (TPSA) is 0 Å². The lowest BCUT2D eigenvalue weighted by molar-refractivity contribution is 0.138. The van der Waals surface area contributed by atoms with Crippen molar-refractivity contribution >= 4 is 0 Å². The number of rotatable bonds is 0. The van der Waals surface area contributed by atoms with Gasteiger partial charge in [-0.3, -0.25) is 0 Å². The van der Waals surface area contributed by atoms with E-state index in [2.05, 4.69) is 0 Å². The molecule has 0 aromatic rings. The van der Waals surface area contributed by atoms with Crippen LogP contribution in [0, 0.1) is 35.5 Å². The van der Waals surface area contributed by atoms with E-state index in [1.165, 1.54) is 19.3 Å². The van der Waals surface area contributed by atoms with Crippen LogP contribution in [0.5, 0.6) is 0 Å². The number of fused-ring (bicyclic) bond motifs is 11. The Morgan fingerprint density at radius 2 is 0.957 bits per heavy atom. The first-order valence-corrected chi connectivity index (χ1v) is 11.4. The van der Waals surface area contributed by atoms with Crippen molar-refractivity contribution in [2.75, 3.05) is 0 Å². The molecule has 4 fully saturated rings. The molecule has 6 unspecified atom stereocenters. The van der Waals surface area contributed by atoms with Crippen molar-refractivity contribution in [1.29, 1.82) is 0 Å². The second-order valence-corrected chi connectivity index (χ2v) is 9.91. The van der Waals surface area contributed by atoms with E-state index in [1.807, 2.05) is 0 Å². The standard InChI is InChI=1S/C23H40/c1-2-4-8-21-14-12-18(6-3-1)16-19-7-5-9-23(21)22-15-13-20(17-22)11-10-19/h18-23H,1-17H2. The summed E-state index contributed by atoms with van der Waals surface area (Å²) in [5.74, 6) is 6.66. The van der Waals surface area contributed by atoms with E-state index >= 15 is 0 Å².